The van der Waals surface area contributed by atoms with Gasteiger partial charge in [0.2, 0.25) is 0 Å². The van der Waals surface area contributed by atoms with Crippen LogP contribution in [0.25, 0.3) is 0 Å². The first-order valence-electron chi connectivity index (χ1n) is 7.42. The van der Waals surface area contributed by atoms with Crippen LogP contribution in [0.15, 0.2) is 10.5 Å². The highest BCUT2D eigenvalue weighted by Gasteiger charge is 2.31. The third-order valence-electron chi connectivity index (χ3n) is 4.47. The van der Waals surface area contributed by atoms with Gasteiger partial charge in [-0.15, -0.1) is 0 Å². The molecule has 0 radical (unpaired) electrons. The molecule has 1 unspecified atom stereocenters. The number of rotatable bonds is 5. The Hall–Kier alpha value is -0.410. The van der Waals surface area contributed by atoms with E-state index >= 15 is 0 Å². The molecule has 1 saturated carbocycles. The van der Waals surface area contributed by atoms with Gasteiger partial charge in [0.15, 0.2) is 0 Å². The van der Waals surface area contributed by atoms with Crippen molar-refractivity contribution >= 4 is 11.8 Å². The first kappa shape index (κ1) is 15.0. The third kappa shape index (κ3) is 3.57. The molecule has 2 rings (SSSR count). The second-order valence-corrected chi connectivity index (χ2v) is 7.19. The van der Waals surface area contributed by atoms with Crippen molar-refractivity contribution in [1.82, 2.24) is 5.32 Å². The molecule has 0 bridgehead atoms. The van der Waals surface area contributed by atoms with Crippen LogP contribution in [0.3, 0.4) is 0 Å². The second kappa shape index (κ2) is 6.36. The summed E-state index contributed by atoms with van der Waals surface area (Å²) in [5, 5.41) is 3.73. The van der Waals surface area contributed by atoms with Crippen LogP contribution in [-0.2, 0) is 0 Å². The van der Waals surface area contributed by atoms with E-state index in [9.17, 15) is 0 Å². The van der Waals surface area contributed by atoms with E-state index in [4.69, 9.17) is 4.42 Å². The Morgan fingerprint density at radius 1 is 1.32 bits per heavy atom. The van der Waals surface area contributed by atoms with Crippen molar-refractivity contribution in [2.24, 2.45) is 0 Å². The number of hydrogen-bond donors (Lipinski definition) is 1. The minimum absolute atomic E-state index is 0.378. The third-order valence-corrected chi connectivity index (χ3v) is 5.89. The van der Waals surface area contributed by atoms with Crippen molar-refractivity contribution in [2.75, 3.05) is 12.8 Å². The smallest absolute Gasteiger partial charge is 0.105 e. The lowest BCUT2D eigenvalue weighted by molar-refractivity contribution is 0.366. The molecule has 0 spiro atoms. The highest BCUT2D eigenvalue weighted by atomic mass is 32.2. The molecule has 19 heavy (non-hydrogen) atoms. The maximum absolute atomic E-state index is 5.63. The molecule has 1 N–H and O–H groups in total. The summed E-state index contributed by atoms with van der Waals surface area (Å²) in [6, 6.07) is 2.54. The van der Waals surface area contributed by atoms with Gasteiger partial charge in [-0.2, -0.15) is 11.8 Å². The van der Waals surface area contributed by atoms with Gasteiger partial charge < -0.3 is 9.73 Å². The zero-order valence-electron chi connectivity index (χ0n) is 12.7. The van der Waals surface area contributed by atoms with E-state index in [1.165, 1.54) is 37.7 Å². The SMILES string of the molecule is CSC1(CNC(C)c2cc(C)oc2C)CCCCC1. The summed E-state index contributed by atoms with van der Waals surface area (Å²) in [4.78, 5) is 0. The van der Waals surface area contributed by atoms with Gasteiger partial charge >= 0.3 is 0 Å². The fourth-order valence-corrected chi connectivity index (χ4v) is 4.10. The molecule has 108 valence electrons. The van der Waals surface area contributed by atoms with E-state index in [2.05, 4.69) is 43.2 Å². The lowest BCUT2D eigenvalue weighted by Crippen LogP contribution is -2.40. The molecule has 1 aliphatic carbocycles. The molecular formula is C16H27NOS. The molecule has 1 aromatic rings. The van der Waals surface area contributed by atoms with Gasteiger partial charge in [-0.3, -0.25) is 0 Å². The van der Waals surface area contributed by atoms with Crippen LogP contribution in [0.4, 0.5) is 0 Å². The van der Waals surface area contributed by atoms with Crippen LogP contribution in [0.2, 0.25) is 0 Å². The quantitative estimate of drug-likeness (QED) is 0.853. The number of furan rings is 1. The Balaban J connectivity index is 1.95. The number of aryl methyl sites for hydroxylation is 2. The summed E-state index contributed by atoms with van der Waals surface area (Å²) in [7, 11) is 0. The fraction of sp³-hybridized carbons (Fsp3) is 0.750. The van der Waals surface area contributed by atoms with E-state index in [0.717, 1.165) is 18.1 Å². The van der Waals surface area contributed by atoms with Crippen LogP contribution >= 0.6 is 11.8 Å². The molecule has 0 aliphatic heterocycles. The van der Waals surface area contributed by atoms with Gasteiger partial charge in [0.05, 0.1) is 0 Å². The average molecular weight is 281 g/mol. The van der Waals surface area contributed by atoms with E-state index < -0.39 is 0 Å². The molecule has 2 nitrogen and oxygen atoms in total. The number of thioether (sulfide) groups is 1. The Kier molecular flexibility index (Phi) is 5.02. The minimum atomic E-state index is 0.378. The predicted octanol–water partition coefficient (Wildman–Crippen LogP) is 4.61. The molecule has 0 aromatic carbocycles. The largest absolute Gasteiger partial charge is 0.466 e. The second-order valence-electron chi connectivity index (χ2n) is 5.92. The Morgan fingerprint density at radius 2 is 2.00 bits per heavy atom. The molecule has 1 aromatic heterocycles. The molecular weight excluding hydrogens is 254 g/mol. The van der Waals surface area contributed by atoms with Crippen molar-refractivity contribution in [1.29, 1.82) is 0 Å². The first-order chi connectivity index (χ1) is 9.06. The van der Waals surface area contributed by atoms with Crippen molar-refractivity contribution in [3.8, 4) is 0 Å². The van der Waals surface area contributed by atoms with Gasteiger partial charge in [-0.25, -0.2) is 0 Å². The molecule has 0 amide bonds. The summed E-state index contributed by atoms with van der Waals surface area (Å²) in [5.74, 6) is 2.07. The molecule has 1 aliphatic rings. The summed E-state index contributed by atoms with van der Waals surface area (Å²) in [6.07, 6.45) is 9.18. The lowest BCUT2D eigenvalue weighted by atomic mass is 9.88. The summed E-state index contributed by atoms with van der Waals surface area (Å²) in [5.41, 5.74) is 1.31. The van der Waals surface area contributed by atoms with Crippen LogP contribution in [0.5, 0.6) is 0 Å². The Bertz CT molecular complexity index is 407. The number of hydrogen-bond acceptors (Lipinski definition) is 3. The standard InChI is InChI=1S/C16H27NOS/c1-12-10-15(14(3)18-12)13(2)17-11-16(19-4)8-6-5-7-9-16/h10,13,17H,5-9,11H2,1-4H3. The number of nitrogens with one attached hydrogen (secondary N) is 1. The minimum Gasteiger partial charge on any atom is -0.466 e. The van der Waals surface area contributed by atoms with E-state index in [1.807, 2.05) is 6.92 Å². The zero-order valence-corrected chi connectivity index (χ0v) is 13.5. The predicted molar refractivity (Wildman–Crippen MR) is 83.9 cm³/mol. The van der Waals surface area contributed by atoms with E-state index in [1.54, 1.807) is 0 Å². The van der Waals surface area contributed by atoms with Crippen LogP contribution in [-0.4, -0.2) is 17.5 Å². The molecule has 1 atom stereocenters. The van der Waals surface area contributed by atoms with Crippen molar-refractivity contribution in [3.63, 3.8) is 0 Å². The fourth-order valence-electron chi connectivity index (χ4n) is 3.18. The van der Waals surface area contributed by atoms with Crippen molar-refractivity contribution in [2.45, 2.75) is 63.7 Å². The summed E-state index contributed by atoms with van der Waals surface area (Å²) >= 11 is 2.05. The highest BCUT2D eigenvalue weighted by molar-refractivity contribution is 8.00. The van der Waals surface area contributed by atoms with Crippen LogP contribution in [0, 0.1) is 13.8 Å². The maximum atomic E-state index is 5.63. The zero-order chi connectivity index (χ0) is 13.9. The van der Waals surface area contributed by atoms with Crippen molar-refractivity contribution in [3.05, 3.63) is 23.2 Å². The molecule has 1 fully saturated rings. The first-order valence-corrected chi connectivity index (χ1v) is 8.64. The molecule has 0 saturated heterocycles. The topological polar surface area (TPSA) is 25.2 Å². The summed E-state index contributed by atoms with van der Waals surface area (Å²) in [6.45, 7) is 7.44. The van der Waals surface area contributed by atoms with Gasteiger partial charge in [0, 0.05) is 22.9 Å². The normalized spacial score (nSPS) is 20.4. The molecule has 1 heterocycles. The van der Waals surface area contributed by atoms with Gasteiger partial charge in [0.1, 0.15) is 11.5 Å². The lowest BCUT2D eigenvalue weighted by Gasteiger charge is -2.37. The Labute approximate surface area is 121 Å². The van der Waals surface area contributed by atoms with Gasteiger partial charge in [-0.1, -0.05) is 19.3 Å². The van der Waals surface area contributed by atoms with Crippen LogP contribution < -0.4 is 5.32 Å². The van der Waals surface area contributed by atoms with Gasteiger partial charge in [0.25, 0.3) is 0 Å². The highest BCUT2D eigenvalue weighted by Crippen LogP contribution is 2.38. The average Bonchev–Trinajstić information content (AvgIpc) is 2.76. The van der Waals surface area contributed by atoms with Crippen LogP contribution in [0.1, 0.15) is 62.2 Å². The monoisotopic (exact) mass is 281 g/mol. The Morgan fingerprint density at radius 3 is 2.53 bits per heavy atom. The summed E-state index contributed by atoms with van der Waals surface area (Å²) < 4.78 is 6.09. The maximum Gasteiger partial charge on any atom is 0.105 e. The van der Waals surface area contributed by atoms with Crippen molar-refractivity contribution < 1.29 is 4.42 Å². The van der Waals surface area contributed by atoms with Gasteiger partial charge in [-0.05, 0) is 45.9 Å². The molecule has 3 heteroatoms. The van der Waals surface area contributed by atoms with E-state index in [0.29, 0.717) is 10.8 Å². The van der Waals surface area contributed by atoms with E-state index in [-0.39, 0.29) is 0 Å².